The molecule has 0 aromatic carbocycles. The fourth-order valence-electron chi connectivity index (χ4n) is 7.73. The highest BCUT2D eigenvalue weighted by molar-refractivity contribution is 5.76. The van der Waals surface area contributed by atoms with Crippen LogP contribution in [-0.2, 0) is 14.3 Å². The number of unbranched alkanes of at least 4 members (excludes halogenated alkanes) is 32. The zero-order valence-electron chi connectivity index (χ0n) is 38.8. The Morgan fingerprint density at radius 2 is 0.828 bits per heavy atom. The second-order valence-electron chi connectivity index (χ2n) is 17.5. The summed E-state index contributed by atoms with van der Waals surface area (Å²) in [6.45, 7) is 4.89. The van der Waals surface area contributed by atoms with Crippen LogP contribution in [0.1, 0.15) is 271 Å². The van der Waals surface area contributed by atoms with Crippen molar-refractivity contribution in [2.45, 2.75) is 283 Å². The number of hydrogen-bond donors (Lipinski definition) is 3. The topological polar surface area (TPSA) is 95.9 Å². The first kappa shape index (κ1) is 56.3. The van der Waals surface area contributed by atoms with E-state index in [1.807, 2.05) is 0 Å². The molecular weight excluding hydrogens is 719 g/mol. The van der Waals surface area contributed by atoms with Crippen LogP contribution in [-0.4, -0.2) is 47.4 Å². The number of hydrogen-bond acceptors (Lipinski definition) is 5. The van der Waals surface area contributed by atoms with Crippen molar-refractivity contribution in [3.63, 3.8) is 0 Å². The molecule has 58 heavy (non-hydrogen) atoms. The van der Waals surface area contributed by atoms with Crippen LogP contribution in [0.5, 0.6) is 0 Å². The van der Waals surface area contributed by atoms with Gasteiger partial charge in [-0.3, -0.25) is 9.59 Å². The minimum Gasteiger partial charge on any atom is -0.466 e. The molecule has 0 aliphatic carbocycles. The largest absolute Gasteiger partial charge is 0.466 e. The smallest absolute Gasteiger partial charge is 0.305 e. The molecule has 0 radical (unpaired) electrons. The first-order chi connectivity index (χ1) is 28.5. The average molecular weight is 818 g/mol. The third-order valence-corrected chi connectivity index (χ3v) is 11.7. The van der Waals surface area contributed by atoms with Crippen molar-refractivity contribution in [3.05, 3.63) is 24.3 Å². The zero-order valence-corrected chi connectivity index (χ0v) is 38.8. The summed E-state index contributed by atoms with van der Waals surface area (Å²) in [5.74, 6) is -0.0589. The maximum Gasteiger partial charge on any atom is 0.305 e. The minimum atomic E-state index is -0.671. The molecular formula is C52H99NO5. The lowest BCUT2D eigenvalue weighted by Gasteiger charge is -2.22. The Balaban J connectivity index is 3.46. The van der Waals surface area contributed by atoms with Gasteiger partial charge in [0.25, 0.3) is 0 Å². The summed E-state index contributed by atoms with van der Waals surface area (Å²) >= 11 is 0. The van der Waals surface area contributed by atoms with Crippen LogP contribution in [0, 0.1) is 0 Å². The summed E-state index contributed by atoms with van der Waals surface area (Å²) in [5, 5.41) is 23.1. The highest BCUT2D eigenvalue weighted by atomic mass is 16.5. The fraction of sp³-hybridized carbons (Fsp3) is 0.885. The second-order valence-corrected chi connectivity index (χ2v) is 17.5. The van der Waals surface area contributed by atoms with Gasteiger partial charge in [0.05, 0.1) is 25.4 Å². The van der Waals surface area contributed by atoms with Crippen molar-refractivity contribution in [1.29, 1.82) is 0 Å². The Morgan fingerprint density at radius 3 is 1.28 bits per heavy atom. The van der Waals surface area contributed by atoms with Gasteiger partial charge in [0.15, 0.2) is 0 Å². The van der Waals surface area contributed by atoms with Gasteiger partial charge in [-0.1, -0.05) is 212 Å². The number of carbonyl (C=O) groups is 2. The van der Waals surface area contributed by atoms with Crippen LogP contribution in [0.2, 0.25) is 0 Å². The Hall–Kier alpha value is -1.66. The molecule has 0 fully saturated rings. The zero-order chi connectivity index (χ0) is 42.3. The molecule has 0 aromatic heterocycles. The third-order valence-electron chi connectivity index (χ3n) is 11.7. The lowest BCUT2D eigenvalue weighted by molar-refractivity contribution is -0.143. The van der Waals surface area contributed by atoms with Crippen LogP contribution < -0.4 is 5.32 Å². The minimum absolute atomic E-state index is 0.00854. The van der Waals surface area contributed by atoms with Crippen molar-refractivity contribution >= 4 is 11.9 Å². The molecule has 2 unspecified atom stereocenters. The molecule has 3 N–H and O–H groups in total. The molecule has 342 valence electrons. The molecule has 0 aliphatic rings. The van der Waals surface area contributed by atoms with E-state index in [2.05, 4.69) is 43.5 Å². The van der Waals surface area contributed by atoms with E-state index in [0.717, 1.165) is 57.8 Å². The third kappa shape index (κ3) is 43.9. The quantitative estimate of drug-likeness (QED) is 0.0323. The number of rotatable bonds is 47. The fourth-order valence-corrected chi connectivity index (χ4v) is 7.73. The molecule has 6 heteroatoms. The number of ether oxygens (including phenoxy) is 1. The molecule has 0 saturated heterocycles. The van der Waals surface area contributed by atoms with Crippen molar-refractivity contribution in [2.75, 3.05) is 13.2 Å². The molecule has 0 spiro atoms. The molecule has 6 nitrogen and oxygen atoms in total. The number of aliphatic hydroxyl groups excluding tert-OH is 2. The lowest BCUT2D eigenvalue weighted by atomic mass is 10.0. The van der Waals surface area contributed by atoms with Gasteiger partial charge in [-0.25, -0.2) is 0 Å². The summed E-state index contributed by atoms with van der Waals surface area (Å²) in [6, 6.07) is -0.550. The van der Waals surface area contributed by atoms with E-state index in [4.69, 9.17) is 4.74 Å². The van der Waals surface area contributed by atoms with Gasteiger partial charge < -0.3 is 20.3 Å². The second kappa shape index (κ2) is 48.0. The van der Waals surface area contributed by atoms with Crippen LogP contribution in [0.4, 0.5) is 0 Å². The molecule has 0 aliphatic heterocycles. The van der Waals surface area contributed by atoms with Gasteiger partial charge in [-0.15, -0.1) is 0 Å². The maximum absolute atomic E-state index is 12.4. The first-order valence-corrected chi connectivity index (χ1v) is 25.6. The van der Waals surface area contributed by atoms with Gasteiger partial charge >= 0.3 is 5.97 Å². The van der Waals surface area contributed by atoms with E-state index in [-0.39, 0.29) is 18.5 Å². The van der Waals surface area contributed by atoms with E-state index >= 15 is 0 Å². The number of esters is 1. The summed E-state index contributed by atoms with van der Waals surface area (Å²) in [5.41, 5.74) is 0. The number of allylic oxidation sites excluding steroid dienone is 4. The molecule has 0 saturated carbocycles. The summed E-state index contributed by atoms with van der Waals surface area (Å²) in [4.78, 5) is 24.4. The molecule has 0 rings (SSSR count). The van der Waals surface area contributed by atoms with Crippen LogP contribution >= 0.6 is 0 Å². The van der Waals surface area contributed by atoms with E-state index in [9.17, 15) is 19.8 Å². The highest BCUT2D eigenvalue weighted by Crippen LogP contribution is 2.16. The molecule has 0 bridgehead atoms. The number of amides is 1. The molecule has 1 amide bonds. The Kier molecular flexibility index (Phi) is 46.6. The predicted octanol–water partition coefficient (Wildman–Crippen LogP) is 15.1. The average Bonchev–Trinajstić information content (AvgIpc) is 3.22. The van der Waals surface area contributed by atoms with Gasteiger partial charge in [0.2, 0.25) is 5.91 Å². The monoisotopic (exact) mass is 818 g/mol. The van der Waals surface area contributed by atoms with Crippen molar-refractivity contribution in [1.82, 2.24) is 5.32 Å². The summed E-state index contributed by atoms with van der Waals surface area (Å²) in [6.07, 6.45) is 55.8. The van der Waals surface area contributed by atoms with Crippen LogP contribution in [0.3, 0.4) is 0 Å². The number of aliphatic hydroxyl groups is 2. The molecule has 0 heterocycles. The number of carbonyl (C=O) groups excluding carboxylic acids is 2. The summed E-state index contributed by atoms with van der Waals surface area (Å²) < 4.78 is 5.44. The lowest BCUT2D eigenvalue weighted by Crippen LogP contribution is -2.45. The standard InChI is InChI=1S/C52H99NO5/c1-3-5-7-9-11-13-15-25-28-32-36-40-44-50(55)49(48-54)53-51(56)45-41-37-33-29-26-22-20-18-16-17-19-21-23-27-31-35-39-43-47-58-52(57)46-42-38-34-30-24-14-12-10-8-6-4-2/h10,12,18,20,49-50,54-55H,3-9,11,13-17,19,21-48H2,1-2H3,(H,53,56)/b12-10-,20-18-. The van der Waals surface area contributed by atoms with E-state index in [0.29, 0.717) is 25.9 Å². The first-order valence-electron chi connectivity index (χ1n) is 25.6. The Bertz CT molecular complexity index is 904. The predicted molar refractivity (Wildman–Crippen MR) is 250 cm³/mol. The number of nitrogens with one attached hydrogen (secondary N) is 1. The maximum atomic E-state index is 12.4. The molecule has 2 atom stereocenters. The Labute approximate surface area is 361 Å². The van der Waals surface area contributed by atoms with Gasteiger partial charge in [-0.05, 0) is 70.6 Å². The normalized spacial score (nSPS) is 12.8. The van der Waals surface area contributed by atoms with Gasteiger partial charge in [0, 0.05) is 12.8 Å². The van der Waals surface area contributed by atoms with E-state index < -0.39 is 12.1 Å². The van der Waals surface area contributed by atoms with Gasteiger partial charge in [0.1, 0.15) is 0 Å². The van der Waals surface area contributed by atoms with Crippen LogP contribution in [0.25, 0.3) is 0 Å². The van der Waals surface area contributed by atoms with Crippen molar-refractivity contribution in [3.8, 4) is 0 Å². The van der Waals surface area contributed by atoms with E-state index in [1.54, 1.807) is 0 Å². The summed E-state index contributed by atoms with van der Waals surface area (Å²) in [7, 11) is 0. The van der Waals surface area contributed by atoms with Crippen molar-refractivity contribution in [2.24, 2.45) is 0 Å². The SMILES string of the molecule is CCCC/C=C\CCCCCCCC(=O)OCCCCCCCCCCC/C=C\CCCCCCCC(=O)NC(CO)C(O)CCCCCCCCCCCCCC. The molecule has 0 aromatic rings. The van der Waals surface area contributed by atoms with Crippen molar-refractivity contribution < 1.29 is 24.5 Å². The Morgan fingerprint density at radius 1 is 0.466 bits per heavy atom. The highest BCUT2D eigenvalue weighted by Gasteiger charge is 2.20. The van der Waals surface area contributed by atoms with Gasteiger partial charge in [-0.2, -0.15) is 0 Å². The van der Waals surface area contributed by atoms with E-state index in [1.165, 1.54) is 180 Å². The van der Waals surface area contributed by atoms with Crippen LogP contribution in [0.15, 0.2) is 24.3 Å².